The Morgan fingerprint density at radius 2 is 0.958 bits per heavy atom. The zero-order chi connectivity index (χ0) is 17.1. The quantitative estimate of drug-likeness (QED) is 0.160. The summed E-state index contributed by atoms with van der Waals surface area (Å²) < 4.78 is 8.25. The molecule has 2 N–H and O–H groups in total. The third-order valence-electron chi connectivity index (χ3n) is 1.69. The minimum Gasteiger partial charge on any atom is -1.00 e. The summed E-state index contributed by atoms with van der Waals surface area (Å²) >= 11 is 0. The van der Waals surface area contributed by atoms with E-state index in [9.17, 15) is 28.8 Å². The van der Waals surface area contributed by atoms with Crippen molar-refractivity contribution in [1.82, 2.24) is 0 Å². The maximum Gasteiger partial charge on any atom is 2.00 e. The number of hydrogen-bond donors (Lipinski definition) is 2. The van der Waals surface area contributed by atoms with Crippen LogP contribution in [0.3, 0.4) is 0 Å². The van der Waals surface area contributed by atoms with Gasteiger partial charge in [0, 0.05) is 24.3 Å². The third kappa shape index (κ3) is 18.2. The minimum atomic E-state index is -1.42. The van der Waals surface area contributed by atoms with Gasteiger partial charge in [0.15, 0.2) is 0 Å². The van der Waals surface area contributed by atoms with E-state index in [2.05, 4.69) is 9.47 Å². The number of carboxylic acids is 2. The second-order valence-electron chi connectivity index (χ2n) is 3.43. The van der Waals surface area contributed by atoms with Crippen LogP contribution in [0.1, 0.15) is 18.5 Å². The molecule has 0 aromatic rings. The number of hydrogen-bond acceptors (Lipinski definition) is 8. The van der Waals surface area contributed by atoms with Crippen LogP contribution in [0.4, 0.5) is 0 Å². The van der Waals surface area contributed by atoms with Crippen molar-refractivity contribution in [2.75, 3.05) is 0 Å². The van der Waals surface area contributed by atoms with Crippen LogP contribution in [0.5, 0.6) is 0 Å². The summed E-state index contributed by atoms with van der Waals surface area (Å²) in [7, 11) is 0. The van der Waals surface area contributed by atoms with Crippen molar-refractivity contribution in [3.63, 3.8) is 0 Å². The van der Waals surface area contributed by atoms with Crippen molar-refractivity contribution in [1.29, 1.82) is 0 Å². The van der Waals surface area contributed by atoms with Gasteiger partial charge in [-0.25, -0.2) is 19.2 Å². The van der Waals surface area contributed by atoms with Crippen molar-refractivity contribution in [2.45, 2.75) is 12.8 Å². The van der Waals surface area contributed by atoms with Crippen LogP contribution in [-0.2, 0) is 38.2 Å². The summed E-state index contributed by atoms with van der Waals surface area (Å²) in [4.78, 5) is 64.2. The second-order valence-corrected chi connectivity index (χ2v) is 3.43. The van der Waals surface area contributed by atoms with Gasteiger partial charge in [0.2, 0.25) is 0 Å². The number of carboxylic acid groups (broad SMARTS) is 2. The zero-order valence-electron chi connectivity index (χ0n) is 16.3. The molecule has 12 heteroatoms. The second kappa shape index (κ2) is 16.3. The van der Waals surface area contributed by atoms with Gasteiger partial charge in [-0.3, -0.25) is 9.59 Å². The van der Waals surface area contributed by atoms with E-state index in [0.29, 0.717) is 24.3 Å². The molecule has 0 aromatic carbocycles. The van der Waals surface area contributed by atoms with Gasteiger partial charge < -0.3 is 25.4 Å². The first-order chi connectivity index (χ1) is 10.2. The number of aliphatic carboxylic acids is 2. The first kappa shape index (κ1) is 28.6. The molecular weight excluding hydrogens is 579 g/mol. The molecule has 0 aliphatic carbocycles. The standard InChI is InChI=1S/C12H10O10.2Ba.4H/c13-7(14)1-3-9(17)21-11(19)5-6-12(20)22-10(18)4-2-8(15)16;;;;;;/h1-4H,5-6H2,(H,13,14)(H,15,16);;;;;;/q;2*+2;4*-1/b3-1-,4-2-;;;;;;. The average Bonchev–Trinajstić information content (AvgIpc) is 2.40. The van der Waals surface area contributed by atoms with Crippen molar-refractivity contribution >= 4 is 134 Å². The third-order valence-corrected chi connectivity index (χ3v) is 1.69. The Balaban J connectivity index is -0.000000147. The van der Waals surface area contributed by atoms with Crippen LogP contribution >= 0.6 is 0 Å². The maximum atomic E-state index is 11.1. The van der Waals surface area contributed by atoms with Crippen LogP contribution in [-0.4, -0.2) is 144 Å². The first-order valence-corrected chi connectivity index (χ1v) is 5.52. The molecule has 24 heavy (non-hydrogen) atoms. The van der Waals surface area contributed by atoms with E-state index in [4.69, 9.17) is 10.2 Å². The number of carbonyl (C=O) groups excluding carboxylic acids is 4. The van der Waals surface area contributed by atoms with Crippen molar-refractivity contribution < 1.29 is 54.2 Å². The fraction of sp³-hybridized carbons (Fsp3) is 0.167. The Morgan fingerprint density at radius 1 is 0.667 bits per heavy atom. The predicted molar refractivity (Wildman–Crippen MR) is 80.9 cm³/mol. The van der Waals surface area contributed by atoms with Gasteiger partial charge in [-0.15, -0.1) is 0 Å². The van der Waals surface area contributed by atoms with Gasteiger partial charge >= 0.3 is 134 Å². The van der Waals surface area contributed by atoms with Crippen LogP contribution in [0, 0.1) is 0 Å². The Kier molecular flexibility index (Phi) is 19.5. The van der Waals surface area contributed by atoms with E-state index in [1.807, 2.05) is 0 Å². The predicted octanol–water partition coefficient (Wildman–Crippen LogP) is -1.12. The fourth-order valence-corrected chi connectivity index (χ4v) is 0.877. The summed E-state index contributed by atoms with van der Waals surface area (Å²) in [6, 6.07) is 0. The molecule has 0 fully saturated rings. The summed E-state index contributed by atoms with van der Waals surface area (Å²) in [5, 5.41) is 16.4. The molecule has 0 saturated carbocycles. The van der Waals surface area contributed by atoms with E-state index < -0.39 is 48.7 Å². The molecule has 0 amide bonds. The summed E-state index contributed by atoms with van der Waals surface area (Å²) in [6.07, 6.45) is 0.717. The number of rotatable bonds is 7. The molecule has 0 heterocycles. The van der Waals surface area contributed by atoms with Crippen molar-refractivity contribution in [3.05, 3.63) is 24.3 Å². The summed E-state index contributed by atoms with van der Waals surface area (Å²) in [5.74, 6) is -7.57. The number of ether oxygens (including phenoxy) is 2. The van der Waals surface area contributed by atoms with Crippen LogP contribution in [0.2, 0.25) is 0 Å². The number of carbonyl (C=O) groups is 6. The first-order valence-electron chi connectivity index (χ1n) is 5.52. The van der Waals surface area contributed by atoms with Crippen LogP contribution < -0.4 is 0 Å². The van der Waals surface area contributed by atoms with Gasteiger partial charge in [-0.05, 0) is 0 Å². The molecule has 0 saturated heterocycles. The van der Waals surface area contributed by atoms with Gasteiger partial charge in [0.05, 0.1) is 12.8 Å². The molecule has 0 unspecified atom stereocenters. The molecule has 0 aromatic heterocycles. The Morgan fingerprint density at radius 3 is 1.21 bits per heavy atom. The maximum absolute atomic E-state index is 11.1. The van der Waals surface area contributed by atoms with E-state index in [-0.39, 0.29) is 103 Å². The van der Waals surface area contributed by atoms with Gasteiger partial charge in [-0.2, -0.15) is 0 Å². The number of esters is 4. The average molecular weight is 593 g/mol. The van der Waals surface area contributed by atoms with Gasteiger partial charge in [-0.1, -0.05) is 0 Å². The molecular formula is C12H14Ba2O10. The van der Waals surface area contributed by atoms with Crippen molar-refractivity contribution in [3.8, 4) is 0 Å². The van der Waals surface area contributed by atoms with E-state index in [1.54, 1.807) is 0 Å². The van der Waals surface area contributed by atoms with Gasteiger partial charge in [0.1, 0.15) is 0 Å². The molecule has 0 radical (unpaired) electrons. The van der Waals surface area contributed by atoms with E-state index in [0.717, 1.165) is 0 Å². The Bertz CT molecular complexity index is 531. The van der Waals surface area contributed by atoms with E-state index >= 15 is 0 Å². The normalized spacial score (nSPS) is 9.50. The Labute approximate surface area is 221 Å². The fourth-order valence-electron chi connectivity index (χ4n) is 0.877. The van der Waals surface area contributed by atoms with Crippen LogP contribution in [0.15, 0.2) is 24.3 Å². The summed E-state index contributed by atoms with van der Waals surface area (Å²) in [5.41, 5.74) is 0. The molecule has 0 aliphatic rings. The van der Waals surface area contributed by atoms with Gasteiger partial charge in [0.25, 0.3) is 0 Å². The molecule has 0 spiro atoms. The topological polar surface area (TPSA) is 161 Å². The van der Waals surface area contributed by atoms with E-state index in [1.165, 1.54) is 0 Å². The molecule has 0 rings (SSSR count). The largest absolute Gasteiger partial charge is 2.00 e. The zero-order valence-corrected chi connectivity index (χ0v) is 21.2. The molecule has 0 aliphatic heterocycles. The SMILES string of the molecule is O=C(O)/C=C\C(=O)OC(=O)CCC(=O)OC(=O)/C=C\C(=O)O.[Ba+2].[Ba+2].[H-].[H-].[H-].[H-]. The monoisotopic (exact) mass is 594 g/mol. The smallest absolute Gasteiger partial charge is 1.00 e. The molecule has 10 nitrogen and oxygen atoms in total. The minimum absolute atomic E-state index is 0. The Hall–Kier alpha value is -0.157. The van der Waals surface area contributed by atoms with Crippen LogP contribution in [0.25, 0.3) is 0 Å². The molecule has 0 bridgehead atoms. The molecule has 0 atom stereocenters. The summed E-state index contributed by atoms with van der Waals surface area (Å²) in [6.45, 7) is 0. The molecule has 126 valence electrons. The van der Waals surface area contributed by atoms with Crippen molar-refractivity contribution in [2.24, 2.45) is 0 Å².